The van der Waals surface area contributed by atoms with Crippen LogP contribution in [0.4, 0.5) is 5.69 Å². The third kappa shape index (κ3) is 3.64. The first-order valence-electron chi connectivity index (χ1n) is 9.51. The number of carbonyl (C=O) groups is 1. The molecule has 1 unspecified atom stereocenters. The maximum Gasteiger partial charge on any atom is 0.263 e. The first-order chi connectivity index (χ1) is 14.4. The summed E-state index contributed by atoms with van der Waals surface area (Å²) in [6, 6.07) is 16.3. The van der Waals surface area contributed by atoms with E-state index >= 15 is 0 Å². The van der Waals surface area contributed by atoms with Gasteiger partial charge in [-0.15, -0.1) is 11.3 Å². The number of thiophene rings is 1. The molecule has 2 aromatic carbocycles. The van der Waals surface area contributed by atoms with E-state index in [1.54, 1.807) is 32.0 Å². The maximum absolute atomic E-state index is 13.2. The van der Waals surface area contributed by atoms with Gasteiger partial charge in [-0.1, -0.05) is 48.0 Å². The average molecular weight is 438 g/mol. The molecule has 0 bridgehead atoms. The number of fused-ring (bicyclic) bond motifs is 1. The molecule has 5 nitrogen and oxygen atoms in total. The van der Waals surface area contributed by atoms with Gasteiger partial charge in [-0.25, -0.2) is 4.98 Å². The summed E-state index contributed by atoms with van der Waals surface area (Å²) < 4.78 is 1.44. The quantitative estimate of drug-likeness (QED) is 0.452. The molecule has 0 aliphatic heterocycles. The predicted molar refractivity (Wildman–Crippen MR) is 124 cm³/mol. The Kier molecular flexibility index (Phi) is 5.45. The Morgan fingerprint density at radius 1 is 1.13 bits per heavy atom. The van der Waals surface area contributed by atoms with E-state index in [0.29, 0.717) is 26.8 Å². The molecule has 0 aliphatic carbocycles. The summed E-state index contributed by atoms with van der Waals surface area (Å²) in [5.41, 5.74) is 2.22. The van der Waals surface area contributed by atoms with Crippen LogP contribution in [0.1, 0.15) is 24.4 Å². The van der Waals surface area contributed by atoms with E-state index in [-0.39, 0.29) is 11.5 Å². The predicted octanol–water partition coefficient (Wildman–Crippen LogP) is 5.59. The zero-order valence-electron chi connectivity index (χ0n) is 16.8. The van der Waals surface area contributed by atoms with Crippen molar-refractivity contribution >= 4 is 44.7 Å². The number of aromatic nitrogens is 2. The third-order valence-electron chi connectivity index (χ3n) is 5.12. The van der Waals surface area contributed by atoms with Crippen LogP contribution >= 0.6 is 22.9 Å². The fraction of sp³-hybridized carbons (Fsp3) is 0.174. The van der Waals surface area contributed by atoms with Gasteiger partial charge in [0.25, 0.3) is 5.56 Å². The Morgan fingerprint density at radius 2 is 1.87 bits per heavy atom. The maximum atomic E-state index is 13.2. The van der Waals surface area contributed by atoms with Crippen LogP contribution in [0, 0.1) is 13.8 Å². The molecule has 4 rings (SSSR count). The van der Waals surface area contributed by atoms with Gasteiger partial charge in [-0.2, -0.15) is 0 Å². The molecular weight excluding hydrogens is 418 g/mol. The number of halogens is 1. The lowest BCUT2D eigenvalue weighted by atomic mass is 10.1. The second kappa shape index (κ2) is 8.05. The third-order valence-corrected chi connectivity index (χ3v) is 6.61. The second-order valence-corrected chi connectivity index (χ2v) is 8.55. The van der Waals surface area contributed by atoms with E-state index in [1.165, 1.54) is 15.9 Å². The Morgan fingerprint density at radius 3 is 2.60 bits per heavy atom. The molecule has 1 N–H and O–H groups in total. The molecule has 0 radical (unpaired) electrons. The highest BCUT2D eigenvalue weighted by atomic mass is 35.5. The number of carbonyl (C=O) groups excluding carboxylic acids is 1. The summed E-state index contributed by atoms with van der Waals surface area (Å²) >= 11 is 7.62. The zero-order valence-corrected chi connectivity index (χ0v) is 18.3. The molecule has 0 saturated carbocycles. The first-order valence-corrected chi connectivity index (χ1v) is 10.7. The van der Waals surface area contributed by atoms with Crippen molar-refractivity contribution in [3.8, 4) is 10.4 Å². The van der Waals surface area contributed by atoms with Gasteiger partial charge in [0.05, 0.1) is 5.39 Å². The minimum absolute atomic E-state index is 0.221. The number of rotatable bonds is 4. The minimum atomic E-state index is -0.729. The number of hydrogen-bond acceptors (Lipinski definition) is 4. The van der Waals surface area contributed by atoms with E-state index in [2.05, 4.69) is 10.3 Å². The fourth-order valence-corrected chi connectivity index (χ4v) is 4.64. The van der Waals surface area contributed by atoms with Crippen LogP contribution in [-0.4, -0.2) is 15.5 Å². The summed E-state index contributed by atoms with van der Waals surface area (Å²) in [5.74, 6) is 0.199. The van der Waals surface area contributed by atoms with E-state index in [0.717, 1.165) is 16.0 Å². The Labute approximate surface area is 183 Å². The Balaban J connectivity index is 1.72. The molecule has 4 aromatic rings. The first kappa shape index (κ1) is 20.3. The van der Waals surface area contributed by atoms with E-state index in [1.807, 2.05) is 43.3 Å². The fourth-order valence-electron chi connectivity index (χ4n) is 3.39. The summed E-state index contributed by atoms with van der Waals surface area (Å²) in [4.78, 5) is 32.4. The topological polar surface area (TPSA) is 64.0 Å². The number of aryl methyl sites for hydroxylation is 1. The van der Waals surface area contributed by atoms with Gasteiger partial charge in [0.2, 0.25) is 5.91 Å². The average Bonchev–Trinajstić information content (AvgIpc) is 3.16. The standard InChI is InChI=1S/C23H20ClN3O2S/c1-13-18(24)10-7-11-19(13)26-21(28)14(2)27-15(3)25-22-17(23(27)29)12-20(30-22)16-8-5-4-6-9-16/h4-12,14H,1-3H3,(H,26,28). The van der Waals surface area contributed by atoms with Crippen LogP contribution in [0.5, 0.6) is 0 Å². The van der Waals surface area contributed by atoms with Gasteiger partial charge in [0.15, 0.2) is 0 Å². The Bertz CT molecular complexity index is 1310. The molecule has 2 heterocycles. The van der Waals surface area contributed by atoms with Gasteiger partial charge < -0.3 is 5.32 Å². The van der Waals surface area contributed by atoms with Crippen molar-refractivity contribution in [2.45, 2.75) is 26.8 Å². The SMILES string of the molecule is Cc1c(Cl)cccc1NC(=O)C(C)n1c(C)nc2sc(-c3ccccc3)cc2c1=O. The number of nitrogens with one attached hydrogen (secondary N) is 1. The van der Waals surface area contributed by atoms with Gasteiger partial charge in [0, 0.05) is 15.6 Å². The summed E-state index contributed by atoms with van der Waals surface area (Å²) in [7, 11) is 0. The van der Waals surface area contributed by atoms with Crippen LogP contribution < -0.4 is 10.9 Å². The highest BCUT2D eigenvalue weighted by Crippen LogP contribution is 2.31. The van der Waals surface area contributed by atoms with Gasteiger partial charge in [-0.05, 0) is 50.1 Å². The van der Waals surface area contributed by atoms with Gasteiger partial charge in [0.1, 0.15) is 16.7 Å². The number of nitrogens with zero attached hydrogens (tertiary/aromatic N) is 2. The molecule has 1 amide bonds. The highest BCUT2D eigenvalue weighted by molar-refractivity contribution is 7.21. The van der Waals surface area contributed by atoms with Crippen LogP contribution in [0.15, 0.2) is 59.4 Å². The summed E-state index contributed by atoms with van der Waals surface area (Å²) in [6.45, 7) is 5.28. The minimum Gasteiger partial charge on any atom is -0.324 e. The molecule has 0 fully saturated rings. The molecular formula is C23H20ClN3O2S. The number of benzene rings is 2. The normalized spacial score (nSPS) is 12.1. The highest BCUT2D eigenvalue weighted by Gasteiger charge is 2.22. The lowest BCUT2D eigenvalue weighted by Gasteiger charge is -2.18. The van der Waals surface area contributed by atoms with Gasteiger partial charge in [-0.3, -0.25) is 14.2 Å². The summed E-state index contributed by atoms with van der Waals surface area (Å²) in [6.07, 6.45) is 0. The van der Waals surface area contributed by atoms with E-state index in [4.69, 9.17) is 11.6 Å². The van der Waals surface area contributed by atoms with Crippen molar-refractivity contribution in [3.05, 3.63) is 81.4 Å². The van der Waals surface area contributed by atoms with E-state index < -0.39 is 6.04 Å². The number of anilines is 1. The number of hydrogen-bond donors (Lipinski definition) is 1. The zero-order chi connectivity index (χ0) is 21.4. The lowest BCUT2D eigenvalue weighted by Crippen LogP contribution is -2.33. The Hall–Kier alpha value is -2.96. The summed E-state index contributed by atoms with van der Waals surface area (Å²) in [5, 5.41) is 3.96. The van der Waals surface area contributed by atoms with Crippen LogP contribution in [0.3, 0.4) is 0 Å². The van der Waals surface area contributed by atoms with Crippen LogP contribution in [0.2, 0.25) is 5.02 Å². The lowest BCUT2D eigenvalue weighted by molar-refractivity contribution is -0.118. The number of amides is 1. The molecule has 7 heteroatoms. The van der Waals surface area contributed by atoms with Crippen LogP contribution in [0.25, 0.3) is 20.7 Å². The van der Waals surface area contributed by atoms with Gasteiger partial charge >= 0.3 is 0 Å². The van der Waals surface area contributed by atoms with Crippen molar-refractivity contribution in [1.29, 1.82) is 0 Å². The van der Waals surface area contributed by atoms with Crippen molar-refractivity contribution < 1.29 is 4.79 Å². The largest absolute Gasteiger partial charge is 0.324 e. The van der Waals surface area contributed by atoms with Crippen molar-refractivity contribution in [2.24, 2.45) is 0 Å². The van der Waals surface area contributed by atoms with E-state index in [9.17, 15) is 9.59 Å². The van der Waals surface area contributed by atoms with Crippen LogP contribution in [-0.2, 0) is 4.79 Å². The van der Waals surface area contributed by atoms with Crippen molar-refractivity contribution in [1.82, 2.24) is 9.55 Å². The monoisotopic (exact) mass is 437 g/mol. The molecule has 0 saturated heterocycles. The molecule has 0 spiro atoms. The molecule has 30 heavy (non-hydrogen) atoms. The van der Waals surface area contributed by atoms with Crippen molar-refractivity contribution in [3.63, 3.8) is 0 Å². The van der Waals surface area contributed by atoms with Crippen molar-refractivity contribution in [2.75, 3.05) is 5.32 Å². The molecule has 152 valence electrons. The molecule has 0 aliphatic rings. The second-order valence-electron chi connectivity index (χ2n) is 7.11. The smallest absolute Gasteiger partial charge is 0.263 e. The molecule has 1 atom stereocenters. The molecule has 2 aromatic heterocycles.